The molecule has 4 N–H and O–H groups in total. The van der Waals surface area contributed by atoms with Gasteiger partial charge in [-0.15, -0.1) is 0 Å². The Morgan fingerprint density at radius 1 is 1.38 bits per heavy atom. The third-order valence-electron chi connectivity index (χ3n) is 5.93. The van der Waals surface area contributed by atoms with Gasteiger partial charge in [-0.2, -0.15) is 10.1 Å². The van der Waals surface area contributed by atoms with E-state index in [2.05, 4.69) is 25.7 Å². The number of carbonyl (C=O) groups is 1. The summed E-state index contributed by atoms with van der Waals surface area (Å²) in [5.74, 6) is -5.46. The molecule has 2 aromatic rings. The second kappa shape index (κ2) is 5.81. The van der Waals surface area contributed by atoms with Gasteiger partial charge in [0.2, 0.25) is 11.9 Å². The Hall–Kier alpha value is -2.89. The van der Waals surface area contributed by atoms with Crippen LogP contribution in [0.1, 0.15) is 6.42 Å². The molecule has 9 nitrogen and oxygen atoms in total. The predicted molar refractivity (Wildman–Crippen MR) is 96.1 cm³/mol. The first-order valence-corrected chi connectivity index (χ1v) is 9.18. The number of fused-ring (bicyclic) bond motifs is 1. The molecule has 154 valence electrons. The van der Waals surface area contributed by atoms with Gasteiger partial charge < -0.3 is 21.3 Å². The Kier molecular flexibility index (Phi) is 3.64. The smallest absolute Gasteiger partial charge is 0.260 e. The van der Waals surface area contributed by atoms with Gasteiger partial charge in [0.05, 0.1) is 23.6 Å². The molecule has 1 saturated heterocycles. The summed E-state index contributed by atoms with van der Waals surface area (Å²) in [6.45, 7) is 0.561. The highest BCUT2D eigenvalue weighted by Gasteiger charge is 2.71. The predicted octanol–water partition coefficient (Wildman–Crippen LogP) is 0.380. The molecule has 3 heterocycles. The van der Waals surface area contributed by atoms with E-state index in [-0.39, 0.29) is 30.3 Å². The maximum absolute atomic E-state index is 14.4. The molecule has 0 spiro atoms. The van der Waals surface area contributed by atoms with Crippen molar-refractivity contribution in [1.29, 1.82) is 0 Å². The zero-order chi connectivity index (χ0) is 20.6. The summed E-state index contributed by atoms with van der Waals surface area (Å²) >= 11 is 0. The van der Waals surface area contributed by atoms with Gasteiger partial charge in [0.1, 0.15) is 5.92 Å². The van der Waals surface area contributed by atoms with Gasteiger partial charge in [0.15, 0.2) is 11.6 Å². The molecule has 3 aliphatic rings. The molecule has 1 amide bonds. The van der Waals surface area contributed by atoms with Crippen LogP contribution in [0.25, 0.3) is 0 Å². The molecule has 0 radical (unpaired) electrons. The Morgan fingerprint density at radius 3 is 2.79 bits per heavy atom. The van der Waals surface area contributed by atoms with Gasteiger partial charge in [-0.1, -0.05) is 0 Å². The molecule has 29 heavy (non-hydrogen) atoms. The number of nitrogens with one attached hydrogen (secondary N) is 2. The van der Waals surface area contributed by atoms with Crippen LogP contribution in [0.3, 0.4) is 0 Å². The number of aromatic nitrogens is 4. The molecule has 2 saturated carbocycles. The Morgan fingerprint density at radius 2 is 2.14 bits per heavy atom. The molecule has 2 aliphatic carbocycles. The summed E-state index contributed by atoms with van der Waals surface area (Å²) in [5.41, 5.74) is 5.89. The Balaban J connectivity index is 1.32. The zero-order valence-corrected chi connectivity index (χ0v) is 15.4. The number of rotatable bonds is 5. The number of hydrogen-bond donors (Lipinski definition) is 3. The van der Waals surface area contributed by atoms with Crippen molar-refractivity contribution in [2.45, 2.75) is 23.9 Å². The number of amides is 1. The maximum atomic E-state index is 14.4. The van der Waals surface area contributed by atoms with Crippen LogP contribution in [0.15, 0.2) is 18.6 Å². The standard InChI is InChI=1S/C17H19F3N8O/c1-27-5-8(3-23-27)24-15-22-4-11(18)13(25-15)28-6-10-12(21)16(10,7-28)26-14(29)9-2-17(9,19)20/h3-5,9-10,12H,2,6-7,21H2,1H3,(H,26,29)(H,22,24,25)/t9-,10-,12+,16+/m0/s1. The van der Waals surface area contributed by atoms with Crippen molar-refractivity contribution in [3.8, 4) is 0 Å². The molecule has 4 atom stereocenters. The highest BCUT2D eigenvalue weighted by molar-refractivity contribution is 5.84. The highest BCUT2D eigenvalue weighted by atomic mass is 19.3. The molecule has 12 heteroatoms. The van der Waals surface area contributed by atoms with Crippen LogP contribution >= 0.6 is 0 Å². The molecule has 3 fully saturated rings. The van der Waals surface area contributed by atoms with Crippen LogP contribution in [0.2, 0.25) is 0 Å². The highest BCUT2D eigenvalue weighted by Crippen LogP contribution is 2.53. The van der Waals surface area contributed by atoms with E-state index >= 15 is 0 Å². The number of hydrogen-bond acceptors (Lipinski definition) is 7. The fourth-order valence-electron chi connectivity index (χ4n) is 4.11. The lowest BCUT2D eigenvalue weighted by Gasteiger charge is -2.25. The minimum atomic E-state index is -2.95. The molecule has 5 rings (SSSR count). The number of carbonyl (C=O) groups excluding carboxylic acids is 1. The molecule has 0 bridgehead atoms. The van der Waals surface area contributed by atoms with E-state index in [4.69, 9.17) is 5.73 Å². The van der Waals surface area contributed by atoms with E-state index in [0.29, 0.717) is 12.2 Å². The Labute approximate surface area is 163 Å². The fourth-order valence-corrected chi connectivity index (χ4v) is 4.11. The quantitative estimate of drug-likeness (QED) is 0.655. The topological polar surface area (TPSA) is 114 Å². The van der Waals surface area contributed by atoms with Gasteiger partial charge in [-0.25, -0.2) is 18.2 Å². The number of alkyl halides is 2. The van der Waals surface area contributed by atoms with Crippen LogP contribution in [0.5, 0.6) is 0 Å². The monoisotopic (exact) mass is 408 g/mol. The average Bonchev–Trinajstić information content (AvgIpc) is 3.24. The summed E-state index contributed by atoms with van der Waals surface area (Å²) in [6, 6.07) is -0.354. The molecule has 0 unspecified atom stereocenters. The van der Waals surface area contributed by atoms with Crippen LogP contribution in [0, 0.1) is 17.7 Å². The van der Waals surface area contributed by atoms with Crippen molar-refractivity contribution in [3.63, 3.8) is 0 Å². The molecule has 0 aromatic carbocycles. The van der Waals surface area contributed by atoms with E-state index in [9.17, 15) is 18.0 Å². The van der Waals surface area contributed by atoms with Crippen molar-refractivity contribution < 1.29 is 18.0 Å². The van der Waals surface area contributed by atoms with Gasteiger partial charge in [-0.3, -0.25) is 9.48 Å². The van der Waals surface area contributed by atoms with Gasteiger partial charge in [0.25, 0.3) is 5.92 Å². The molecule has 2 aromatic heterocycles. The summed E-state index contributed by atoms with van der Waals surface area (Å²) in [5, 5.41) is 9.67. The zero-order valence-electron chi connectivity index (χ0n) is 15.4. The summed E-state index contributed by atoms with van der Waals surface area (Å²) in [4.78, 5) is 22.0. The van der Waals surface area contributed by atoms with Crippen LogP contribution < -0.4 is 21.3 Å². The first kappa shape index (κ1) is 18.2. The lowest BCUT2D eigenvalue weighted by molar-refractivity contribution is -0.125. The van der Waals surface area contributed by atoms with Crippen LogP contribution in [-0.2, 0) is 11.8 Å². The van der Waals surface area contributed by atoms with E-state index in [0.717, 1.165) is 6.20 Å². The van der Waals surface area contributed by atoms with E-state index < -0.39 is 35.5 Å². The second-order valence-electron chi connectivity index (χ2n) is 7.95. The van der Waals surface area contributed by atoms with Crippen molar-refractivity contribution in [2.24, 2.45) is 24.6 Å². The largest absolute Gasteiger partial charge is 0.351 e. The minimum absolute atomic E-state index is 0.0659. The number of aryl methyl sites for hydroxylation is 1. The summed E-state index contributed by atoms with van der Waals surface area (Å²) in [7, 11) is 1.76. The third-order valence-corrected chi connectivity index (χ3v) is 5.93. The average molecular weight is 408 g/mol. The lowest BCUT2D eigenvalue weighted by Crippen LogP contribution is -2.48. The first-order chi connectivity index (χ1) is 13.7. The minimum Gasteiger partial charge on any atom is -0.351 e. The number of halogens is 3. The lowest BCUT2D eigenvalue weighted by atomic mass is 10.2. The summed E-state index contributed by atoms with van der Waals surface area (Å²) < 4.78 is 42.4. The van der Waals surface area contributed by atoms with Gasteiger partial charge in [0, 0.05) is 44.7 Å². The van der Waals surface area contributed by atoms with E-state index in [1.54, 1.807) is 29.0 Å². The van der Waals surface area contributed by atoms with Crippen LogP contribution in [-0.4, -0.2) is 56.2 Å². The fraction of sp³-hybridized carbons (Fsp3) is 0.529. The SMILES string of the molecule is Cn1cc(Nc2ncc(F)c(N3C[C@H]4[C@@H](N)[C@@]4(NC(=O)[C@@H]4CC4(F)F)C3)n2)cn1. The van der Waals surface area contributed by atoms with E-state index in [1.165, 1.54) is 0 Å². The number of piperidine rings is 1. The van der Waals surface area contributed by atoms with Crippen LogP contribution in [0.4, 0.5) is 30.6 Å². The normalized spacial score (nSPS) is 31.3. The van der Waals surface area contributed by atoms with E-state index in [1.807, 2.05) is 0 Å². The molecular weight excluding hydrogens is 389 g/mol. The summed E-state index contributed by atoms with van der Waals surface area (Å²) in [6.07, 6.45) is 3.91. The maximum Gasteiger partial charge on any atom is 0.260 e. The van der Waals surface area contributed by atoms with Crippen molar-refractivity contribution in [3.05, 3.63) is 24.4 Å². The number of nitrogens with zero attached hydrogens (tertiary/aromatic N) is 5. The molecular formula is C17H19F3N8O. The second-order valence-corrected chi connectivity index (χ2v) is 7.95. The van der Waals surface area contributed by atoms with Crippen molar-refractivity contribution in [1.82, 2.24) is 25.1 Å². The number of nitrogens with two attached hydrogens (primary N) is 1. The third kappa shape index (κ3) is 2.89. The van der Waals surface area contributed by atoms with Crippen molar-refractivity contribution in [2.75, 3.05) is 23.3 Å². The Bertz CT molecular complexity index is 997. The van der Waals surface area contributed by atoms with Gasteiger partial charge in [-0.05, 0) is 0 Å². The van der Waals surface area contributed by atoms with Crippen molar-refractivity contribution >= 4 is 23.4 Å². The number of anilines is 3. The first-order valence-electron chi connectivity index (χ1n) is 9.18. The van der Waals surface area contributed by atoms with Gasteiger partial charge >= 0.3 is 0 Å². The molecule has 1 aliphatic heterocycles.